The van der Waals surface area contributed by atoms with Crippen LogP contribution in [0.25, 0.3) is 22.3 Å². The fraction of sp³-hybridized carbons (Fsp3) is 0.0625. The van der Waals surface area contributed by atoms with Gasteiger partial charge in [-0.25, -0.2) is 0 Å². The van der Waals surface area contributed by atoms with Crippen LogP contribution in [0.5, 0.6) is 5.75 Å². The Morgan fingerprint density at radius 2 is 1.76 bits per heavy atom. The lowest BCUT2D eigenvalue weighted by Gasteiger charge is -2.09. The molecular weight excluding hydrogens is 311 g/mol. The number of fused-ring (bicyclic) bond motifs is 1. The number of benzene rings is 2. The largest absolute Gasteiger partial charge is 0.502 e. The van der Waals surface area contributed by atoms with Crippen LogP contribution in [-0.2, 0) is 0 Å². The molecule has 3 nitrogen and oxygen atoms in total. The first-order valence-electron chi connectivity index (χ1n) is 6.20. The van der Waals surface area contributed by atoms with E-state index in [4.69, 9.17) is 27.6 Å². The van der Waals surface area contributed by atoms with Gasteiger partial charge in [0.1, 0.15) is 5.58 Å². The van der Waals surface area contributed by atoms with Gasteiger partial charge in [0.05, 0.1) is 21.0 Å². The van der Waals surface area contributed by atoms with E-state index in [2.05, 4.69) is 0 Å². The topological polar surface area (TPSA) is 50.4 Å². The van der Waals surface area contributed by atoms with Crippen LogP contribution in [-0.4, -0.2) is 5.11 Å². The average Bonchev–Trinajstić information content (AvgIpc) is 2.44. The highest BCUT2D eigenvalue weighted by Gasteiger charge is 2.19. The van der Waals surface area contributed by atoms with Gasteiger partial charge in [0.15, 0.2) is 5.76 Å². The molecule has 0 aliphatic carbocycles. The summed E-state index contributed by atoms with van der Waals surface area (Å²) in [6.45, 7) is 1.86. The fourth-order valence-electron chi connectivity index (χ4n) is 2.18. The predicted molar refractivity (Wildman–Crippen MR) is 84.3 cm³/mol. The van der Waals surface area contributed by atoms with E-state index < -0.39 is 11.2 Å². The van der Waals surface area contributed by atoms with E-state index >= 15 is 0 Å². The van der Waals surface area contributed by atoms with Crippen LogP contribution < -0.4 is 5.43 Å². The zero-order valence-corrected chi connectivity index (χ0v) is 12.5. The molecule has 0 spiro atoms. The first-order chi connectivity index (χ1) is 9.99. The molecule has 0 radical (unpaired) electrons. The van der Waals surface area contributed by atoms with Gasteiger partial charge in [0.2, 0.25) is 11.2 Å². The normalized spacial score (nSPS) is 11.0. The molecule has 5 heteroatoms. The molecule has 0 saturated heterocycles. The van der Waals surface area contributed by atoms with Crippen molar-refractivity contribution in [3.63, 3.8) is 0 Å². The summed E-state index contributed by atoms with van der Waals surface area (Å²) in [5.74, 6) is -0.518. The lowest BCUT2D eigenvalue weighted by molar-refractivity contribution is 0.449. The molecule has 0 aliphatic heterocycles. The highest BCUT2D eigenvalue weighted by molar-refractivity contribution is 6.39. The summed E-state index contributed by atoms with van der Waals surface area (Å²) >= 11 is 12.2. The molecule has 0 fully saturated rings. The van der Waals surface area contributed by atoms with E-state index in [1.807, 2.05) is 13.0 Å². The number of halogens is 2. The molecule has 0 amide bonds. The van der Waals surface area contributed by atoms with Crippen LogP contribution in [0.1, 0.15) is 5.56 Å². The molecular formula is C16H10Cl2O3. The van der Waals surface area contributed by atoms with E-state index in [1.54, 1.807) is 30.3 Å². The highest BCUT2D eigenvalue weighted by atomic mass is 35.5. The number of rotatable bonds is 1. The van der Waals surface area contributed by atoms with Gasteiger partial charge in [-0.05, 0) is 31.2 Å². The van der Waals surface area contributed by atoms with Crippen LogP contribution in [0.2, 0.25) is 10.0 Å². The Bertz CT molecular complexity index is 893. The Morgan fingerprint density at radius 3 is 2.43 bits per heavy atom. The van der Waals surface area contributed by atoms with Gasteiger partial charge in [0, 0.05) is 0 Å². The molecule has 3 rings (SSSR count). The van der Waals surface area contributed by atoms with E-state index in [0.717, 1.165) is 5.56 Å². The van der Waals surface area contributed by atoms with Gasteiger partial charge < -0.3 is 9.52 Å². The third-order valence-electron chi connectivity index (χ3n) is 3.21. The Labute approximate surface area is 130 Å². The van der Waals surface area contributed by atoms with Gasteiger partial charge in [-0.3, -0.25) is 4.79 Å². The van der Waals surface area contributed by atoms with E-state index in [0.29, 0.717) is 26.6 Å². The molecule has 0 bridgehead atoms. The van der Waals surface area contributed by atoms with Crippen LogP contribution in [0, 0.1) is 6.92 Å². The molecule has 1 N–H and O–H groups in total. The zero-order valence-electron chi connectivity index (χ0n) is 11.0. The molecule has 3 aromatic rings. The summed E-state index contributed by atoms with van der Waals surface area (Å²) in [6, 6.07) is 10.1. The van der Waals surface area contributed by atoms with Crippen molar-refractivity contribution in [1.82, 2.24) is 0 Å². The van der Waals surface area contributed by atoms with Crippen LogP contribution in [0.15, 0.2) is 45.6 Å². The standard InChI is InChI=1S/C16H10Cl2O3/c1-8-5-6-12-9(7-8)14(19)15(20)16(21-12)13-10(17)3-2-4-11(13)18/h2-7,20H,1H3. The molecule has 0 aliphatic rings. The molecule has 21 heavy (non-hydrogen) atoms. The van der Waals surface area contributed by atoms with Crippen molar-refractivity contribution in [2.45, 2.75) is 6.92 Å². The molecule has 1 heterocycles. The third kappa shape index (κ3) is 2.28. The van der Waals surface area contributed by atoms with Crippen molar-refractivity contribution >= 4 is 34.2 Å². The van der Waals surface area contributed by atoms with Crippen molar-refractivity contribution in [1.29, 1.82) is 0 Å². The summed E-state index contributed by atoms with van der Waals surface area (Å²) < 4.78 is 5.66. The van der Waals surface area contributed by atoms with Crippen LogP contribution in [0.4, 0.5) is 0 Å². The van der Waals surface area contributed by atoms with Crippen molar-refractivity contribution in [3.05, 3.63) is 62.2 Å². The minimum Gasteiger partial charge on any atom is -0.502 e. The zero-order chi connectivity index (χ0) is 15.1. The number of hydrogen-bond donors (Lipinski definition) is 1. The summed E-state index contributed by atoms with van der Waals surface area (Å²) in [4.78, 5) is 12.3. The summed E-state index contributed by atoms with van der Waals surface area (Å²) in [7, 11) is 0. The first-order valence-corrected chi connectivity index (χ1v) is 6.95. The van der Waals surface area contributed by atoms with Crippen molar-refractivity contribution < 1.29 is 9.52 Å². The van der Waals surface area contributed by atoms with Gasteiger partial charge in [-0.2, -0.15) is 0 Å². The fourth-order valence-corrected chi connectivity index (χ4v) is 2.75. The maximum atomic E-state index is 12.3. The monoisotopic (exact) mass is 320 g/mol. The van der Waals surface area contributed by atoms with Gasteiger partial charge in [-0.15, -0.1) is 0 Å². The van der Waals surface area contributed by atoms with Crippen LogP contribution in [0.3, 0.4) is 0 Å². The molecule has 0 atom stereocenters. The molecule has 0 saturated carbocycles. The maximum absolute atomic E-state index is 12.3. The van der Waals surface area contributed by atoms with Crippen molar-refractivity contribution in [2.24, 2.45) is 0 Å². The Kier molecular flexibility index (Phi) is 3.40. The maximum Gasteiger partial charge on any atom is 0.235 e. The Hall–Kier alpha value is -1.97. The Morgan fingerprint density at radius 1 is 1.10 bits per heavy atom. The summed E-state index contributed by atoms with van der Waals surface area (Å²) in [6.07, 6.45) is 0. The second kappa shape index (κ2) is 5.10. The SMILES string of the molecule is Cc1ccc2oc(-c3c(Cl)cccc3Cl)c(O)c(=O)c2c1. The van der Waals surface area contributed by atoms with E-state index in [-0.39, 0.29) is 5.76 Å². The third-order valence-corrected chi connectivity index (χ3v) is 3.84. The van der Waals surface area contributed by atoms with Crippen molar-refractivity contribution in [3.8, 4) is 17.1 Å². The second-order valence-electron chi connectivity index (χ2n) is 4.71. The number of aryl methyl sites for hydroxylation is 1. The molecule has 2 aromatic carbocycles. The molecule has 0 unspecified atom stereocenters. The number of aromatic hydroxyl groups is 1. The minimum atomic E-state index is -0.508. The average molecular weight is 321 g/mol. The summed E-state index contributed by atoms with van der Waals surface area (Å²) in [5.41, 5.74) is 1.07. The van der Waals surface area contributed by atoms with Crippen molar-refractivity contribution in [2.75, 3.05) is 0 Å². The van der Waals surface area contributed by atoms with Gasteiger partial charge >= 0.3 is 0 Å². The quantitative estimate of drug-likeness (QED) is 0.701. The second-order valence-corrected chi connectivity index (χ2v) is 5.52. The van der Waals surface area contributed by atoms with Gasteiger partial charge in [-0.1, -0.05) is 40.9 Å². The molecule has 106 valence electrons. The molecule has 1 aromatic heterocycles. The lowest BCUT2D eigenvalue weighted by Crippen LogP contribution is -2.03. The predicted octanol–water partition coefficient (Wildman–Crippen LogP) is 4.78. The Balaban J connectivity index is 2.42. The summed E-state index contributed by atoms with van der Waals surface area (Å²) in [5, 5.41) is 11.1. The lowest BCUT2D eigenvalue weighted by atomic mass is 10.1. The first kappa shape index (κ1) is 14.0. The van der Waals surface area contributed by atoms with Gasteiger partial charge in [0.25, 0.3) is 0 Å². The van der Waals surface area contributed by atoms with Crippen LogP contribution >= 0.6 is 23.2 Å². The van der Waals surface area contributed by atoms with E-state index in [9.17, 15) is 9.90 Å². The number of hydrogen-bond acceptors (Lipinski definition) is 3. The highest BCUT2D eigenvalue weighted by Crippen LogP contribution is 2.39. The minimum absolute atomic E-state index is 0.0213. The smallest absolute Gasteiger partial charge is 0.235 e. The van der Waals surface area contributed by atoms with E-state index in [1.165, 1.54) is 0 Å².